The van der Waals surface area contributed by atoms with E-state index in [0.717, 1.165) is 12.1 Å². The van der Waals surface area contributed by atoms with Crippen LogP contribution in [0.3, 0.4) is 0 Å². The van der Waals surface area contributed by atoms with Crippen molar-refractivity contribution in [3.05, 3.63) is 64.2 Å². The maximum absolute atomic E-state index is 13.6. The summed E-state index contributed by atoms with van der Waals surface area (Å²) in [5.41, 5.74) is 5.73. The van der Waals surface area contributed by atoms with E-state index in [4.69, 9.17) is 17.3 Å². The third-order valence-electron chi connectivity index (χ3n) is 2.73. The molecule has 0 saturated carbocycles. The fourth-order valence-corrected chi connectivity index (χ4v) is 1.85. The van der Waals surface area contributed by atoms with Crippen LogP contribution in [0.25, 0.3) is 0 Å². The number of carbonyl (C=O) groups is 1. The Hall–Kier alpha value is -2.14. The molecule has 104 valence electrons. The molecule has 0 unspecified atom stereocenters. The van der Waals surface area contributed by atoms with Crippen molar-refractivity contribution >= 4 is 23.2 Å². The van der Waals surface area contributed by atoms with E-state index in [1.165, 1.54) is 24.3 Å². The topological polar surface area (TPSA) is 55.1 Å². The number of hydrogen-bond acceptors (Lipinski definition) is 2. The summed E-state index contributed by atoms with van der Waals surface area (Å²) >= 11 is 5.64. The van der Waals surface area contributed by atoms with Gasteiger partial charge in [0.15, 0.2) is 0 Å². The van der Waals surface area contributed by atoms with Crippen molar-refractivity contribution in [3.8, 4) is 0 Å². The van der Waals surface area contributed by atoms with Crippen molar-refractivity contribution < 1.29 is 13.6 Å². The van der Waals surface area contributed by atoms with Crippen LogP contribution in [0, 0.1) is 11.6 Å². The van der Waals surface area contributed by atoms with Crippen LogP contribution in [-0.2, 0) is 6.54 Å². The molecular weight excluding hydrogens is 286 g/mol. The number of nitrogens with one attached hydrogen (secondary N) is 1. The highest BCUT2D eigenvalue weighted by Crippen LogP contribution is 2.20. The third-order valence-corrected chi connectivity index (χ3v) is 2.97. The third kappa shape index (κ3) is 3.24. The molecule has 0 aliphatic carbocycles. The van der Waals surface area contributed by atoms with Crippen molar-refractivity contribution in [1.29, 1.82) is 0 Å². The SMILES string of the molecule is NC(=O)c1ccc(F)c(CNc2ccc(Cl)cc2F)c1. The van der Waals surface area contributed by atoms with Gasteiger partial charge in [0.05, 0.1) is 5.69 Å². The predicted octanol–water partition coefficient (Wildman–Crippen LogP) is 3.33. The maximum atomic E-state index is 13.6. The second-order valence-electron chi connectivity index (χ2n) is 4.15. The van der Waals surface area contributed by atoms with E-state index in [1.807, 2.05) is 0 Å². The van der Waals surface area contributed by atoms with Gasteiger partial charge in [-0.25, -0.2) is 8.78 Å². The average molecular weight is 297 g/mol. The normalized spacial score (nSPS) is 10.3. The van der Waals surface area contributed by atoms with Gasteiger partial charge in [-0.3, -0.25) is 4.79 Å². The van der Waals surface area contributed by atoms with Crippen LogP contribution in [0.2, 0.25) is 5.02 Å². The van der Waals surface area contributed by atoms with Crippen molar-refractivity contribution in [2.24, 2.45) is 5.73 Å². The van der Waals surface area contributed by atoms with Gasteiger partial charge in [-0.2, -0.15) is 0 Å². The molecule has 0 spiro atoms. The Morgan fingerprint density at radius 2 is 1.90 bits per heavy atom. The molecule has 0 fully saturated rings. The number of amides is 1. The molecule has 3 nitrogen and oxygen atoms in total. The van der Waals surface area contributed by atoms with Gasteiger partial charge in [0.1, 0.15) is 11.6 Å². The van der Waals surface area contributed by atoms with Crippen molar-refractivity contribution in [2.75, 3.05) is 5.32 Å². The van der Waals surface area contributed by atoms with E-state index in [-0.39, 0.29) is 28.4 Å². The molecule has 0 radical (unpaired) electrons. The first-order valence-electron chi connectivity index (χ1n) is 5.74. The number of nitrogens with two attached hydrogens (primary N) is 1. The zero-order valence-electron chi connectivity index (χ0n) is 10.3. The lowest BCUT2D eigenvalue weighted by Gasteiger charge is -2.09. The average Bonchev–Trinajstić information content (AvgIpc) is 2.39. The Labute approximate surface area is 119 Å². The Morgan fingerprint density at radius 3 is 2.55 bits per heavy atom. The largest absolute Gasteiger partial charge is 0.378 e. The summed E-state index contributed by atoms with van der Waals surface area (Å²) in [6, 6.07) is 7.90. The predicted molar refractivity (Wildman–Crippen MR) is 73.7 cm³/mol. The lowest BCUT2D eigenvalue weighted by molar-refractivity contribution is 0.1000. The van der Waals surface area contributed by atoms with Gasteiger partial charge >= 0.3 is 0 Å². The molecule has 2 aromatic rings. The van der Waals surface area contributed by atoms with Gasteiger partial charge in [-0.05, 0) is 36.4 Å². The van der Waals surface area contributed by atoms with Gasteiger partial charge in [0.2, 0.25) is 5.91 Å². The maximum Gasteiger partial charge on any atom is 0.248 e. The van der Waals surface area contributed by atoms with Gasteiger partial charge in [0.25, 0.3) is 0 Å². The fraction of sp³-hybridized carbons (Fsp3) is 0.0714. The van der Waals surface area contributed by atoms with Crippen molar-refractivity contribution in [1.82, 2.24) is 0 Å². The first-order valence-corrected chi connectivity index (χ1v) is 6.12. The Bertz CT molecular complexity index is 662. The number of benzene rings is 2. The second-order valence-corrected chi connectivity index (χ2v) is 4.58. The molecule has 1 amide bonds. The summed E-state index contributed by atoms with van der Waals surface area (Å²) in [7, 11) is 0. The minimum Gasteiger partial charge on any atom is -0.378 e. The molecule has 20 heavy (non-hydrogen) atoms. The molecule has 0 aromatic heterocycles. The lowest BCUT2D eigenvalue weighted by atomic mass is 10.1. The first kappa shape index (κ1) is 14.3. The van der Waals surface area contributed by atoms with Crippen LogP contribution in [0.15, 0.2) is 36.4 Å². The molecule has 0 aliphatic rings. The number of primary amides is 1. The number of halogens is 3. The van der Waals surface area contributed by atoms with Gasteiger partial charge in [-0.1, -0.05) is 11.6 Å². The van der Waals surface area contributed by atoms with E-state index >= 15 is 0 Å². The van der Waals surface area contributed by atoms with E-state index < -0.39 is 17.5 Å². The van der Waals surface area contributed by atoms with Gasteiger partial charge < -0.3 is 11.1 Å². The van der Waals surface area contributed by atoms with Gasteiger partial charge in [-0.15, -0.1) is 0 Å². The Kier molecular flexibility index (Phi) is 4.20. The summed E-state index contributed by atoms with van der Waals surface area (Å²) in [6.07, 6.45) is 0. The number of anilines is 1. The van der Waals surface area contributed by atoms with Gasteiger partial charge in [0, 0.05) is 22.7 Å². The summed E-state index contributed by atoms with van der Waals surface area (Å²) in [5, 5.41) is 3.01. The Morgan fingerprint density at radius 1 is 1.15 bits per heavy atom. The lowest BCUT2D eigenvalue weighted by Crippen LogP contribution is -2.12. The monoisotopic (exact) mass is 296 g/mol. The van der Waals surface area contributed by atoms with Crippen LogP contribution in [0.5, 0.6) is 0 Å². The molecule has 0 bridgehead atoms. The van der Waals surface area contributed by atoms with E-state index in [1.54, 1.807) is 0 Å². The molecule has 0 heterocycles. The highest BCUT2D eigenvalue weighted by Gasteiger charge is 2.08. The van der Waals surface area contributed by atoms with Crippen LogP contribution in [-0.4, -0.2) is 5.91 Å². The molecule has 6 heteroatoms. The fourth-order valence-electron chi connectivity index (χ4n) is 1.69. The highest BCUT2D eigenvalue weighted by molar-refractivity contribution is 6.30. The summed E-state index contributed by atoms with van der Waals surface area (Å²) < 4.78 is 27.1. The van der Waals surface area contributed by atoms with E-state index in [0.29, 0.717) is 0 Å². The zero-order chi connectivity index (χ0) is 14.7. The molecule has 0 saturated heterocycles. The first-order chi connectivity index (χ1) is 9.47. The van der Waals surface area contributed by atoms with E-state index in [2.05, 4.69) is 5.32 Å². The minimum atomic E-state index is -0.649. The van der Waals surface area contributed by atoms with Crippen LogP contribution in [0.1, 0.15) is 15.9 Å². The molecule has 3 N–H and O–H groups in total. The molecule has 2 rings (SSSR count). The van der Waals surface area contributed by atoms with Crippen LogP contribution < -0.4 is 11.1 Å². The van der Waals surface area contributed by atoms with Crippen molar-refractivity contribution in [3.63, 3.8) is 0 Å². The quantitative estimate of drug-likeness (QED) is 0.909. The molecule has 0 atom stereocenters. The number of rotatable bonds is 4. The highest BCUT2D eigenvalue weighted by atomic mass is 35.5. The zero-order valence-corrected chi connectivity index (χ0v) is 11.0. The minimum absolute atomic E-state index is 0.0194. The standard InChI is InChI=1S/C14H11ClF2N2O/c15-10-2-4-13(12(17)6-10)19-7-9-5-8(14(18)20)1-3-11(9)16/h1-6,19H,7H2,(H2,18,20). The number of carbonyl (C=O) groups excluding carboxylic acids is 1. The summed E-state index contributed by atoms with van der Waals surface area (Å²) in [6.45, 7) is 0.0194. The summed E-state index contributed by atoms with van der Waals surface area (Å²) in [4.78, 5) is 11.0. The van der Waals surface area contributed by atoms with Crippen LogP contribution in [0.4, 0.5) is 14.5 Å². The molecular formula is C14H11ClF2N2O. The van der Waals surface area contributed by atoms with Crippen LogP contribution >= 0.6 is 11.6 Å². The molecule has 2 aromatic carbocycles. The van der Waals surface area contributed by atoms with Crippen molar-refractivity contribution in [2.45, 2.75) is 6.54 Å². The summed E-state index contributed by atoms with van der Waals surface area (Å²) in [5.74, 6) is -1.69. The second kappa shape index (κ2) is 5.88. The number of hydrogen-bond donors (Lipinski definition) is 2. The molecule has 0 aliphatic heterocycles. The smallest absolute Gasteiger partial charge is 0.248 e. The van der Waals surface area contributed by atoms with E-state index in [9.17, 15) is 13.6 Å². The Balaban J connectivity index is 2.18.